The number of aromatic carboxylic acids is 1. The van der Waals surface area contributed by atoms with E-state index >= 15 is 0 Å². The van der Waals surface area contributed by atoms with Gasteiger partial charge in [0.1, 0.15) is 0 Å². The minimum absolute atomic E-state index is 0.229. The first kappa shape index (κ1) is 19.5. The molecular formula is C24H27NO4. The Bertz CT molecular complexity index is 950. The van der Waals surface area contributed by atoms with Gasteiger partial charge in [-0.3, -0.25) is 4.99 Å². The number of carboxylic acids is 1. The number of aliphatic imine (C=N–C) groups is 1. The van der Waals surface area contributed by atoms with Crippen molar-refractivity contribution in [3.05, 3.63) is 58.7 Å². The molecule has 1 aliphatic heterocycles. The normalized spacial score (nSPS) is 20.3. The lowest BCUT2D eigenvalue weighted by Crippen LogP contribution is -2.29. The maximum atomic E-state index is 11.5. The third-order valence-corrected chi connectivity index (χ3v) is 5.78. The smallest absolute Gasteiger partial charge is 0.335 e. The molecule has 1 aliphatic carbocycles. The highest BCUT2D eigenvalue weighted by Gasteiger charge is 2.34. The molecule has 1 fully saturated rings. The Kier molecular flexibility index (Phi) is 5.56. The van der Waals surface area contributed by atoms with Crippen LogP contribution in [0.1, 0.15) is 72.5 Å². The molecule has 0 saturated heterocycles. The van der Waals surface area contributed by atoms with Crippen LogP contribution in [0.25, 0.3) is 0 Å². The average Bonchev–Trinajstić information content (AvgIpc) is 2.74. The second-order valence-corrected chi connectivity index (χ2v) is 7.57. The van der Waals surface area contributed by atoms with Crippen molar-refractivity contribution in [2.45, 2.75) is 51.5 Å². The van der Waals surface area contributed by atoms with Crippen LogP contribution in [0.4, 0.5) is 0 Å². The van der Waals surface area contributed by atoms with Crippen molar-refractivity contribution < 1.29 is 19.4 Å². The molecule has 1 N–H and O–H groups in total. The summed E-state index contributed by atoms with van der Waals surface area (Å²) in [4.78, 5) is 16.6. The van der Waals surface area contributed by atoms with E-state index in [0.717, 1.165) is 35.4 Å². The van der Waals surface area contributed by atoms with Gasteiger partial charge in [0.25, 0.3) is 0 Å². The Morgan fingerprint density at radius 3 is 2.52 bits per heavy atom. The Labute approximate surface area is 171 Å². The van der Waals surface area contributed by atoms with Crippen LogP contribution in [0.5, 0.6) is 11.5 Å². The molecule has 0 unspecified atom stereocenters. The standard InChI is InChI=1S/C24H27NO4/c1-3-28-21-13-18-17-10-5-6-11-20(17)25-23(19(18)14-22(21)29-4-2)15-8-7-9-16(12-15)24(26)27/h7-9,12-14,17,20H,3-6,10-11H2,1-2H3,(H,26,27)/t17-,20-/m1/s1. The predicted molar refractivity (Wildman–Crippen MR) is 113 cm³/mol. The number of benzene rings is 2. The number of carboxylic acid groups (broad SMARTS) is 1. The van der Waals surface area contributed by atoms with Crippen molar-refractivity contribution in [3.63, 3.8) is 0 Å². The van der Waals surface area contributed by atoms with Crippen LogP contribution in [0.15, 0.2) is 41.4 Å². The summed E-state index contributed by atoms with van der Waals surface area (Å²) < 4.78 is 11.7. The molecule has 5 heteroatoms. The average molecular weight is 393 g/mol. The van der Waals surface area contributed by atoms with E-state index in [1.54, 1.807) is 18.2 Å². The van der Waals surface area contributed by atoms with Crippen LogP contribution < -0.4 is 9.47 Å². The maximum absolute atomic E-state index is 11.5. The topological polar surface area (TPSA) is 68.1 Å². The lowest BCUT2D eigenvalue weighted by Gasteiger charge is -2.36. The van der Waals surface area contributed by atoms with Gasteiger partial charge in [0.2, 0.25) is 0 Å². The van der Waals surface area contributed by atoms with Gasteiger partial charge in [0.05, 0.1) is 30.5 Å². The molecule has 29 heavy (non-hydrogen) atoms. The second kappa shape index (κ2) is 8.27. The van der Waals surface area contributed by atoms with E-state index in [0.29, 0.717) is 24.9 Å². The molecule has 1 saturated carbocycles. The van der Waals surface area contributed by atoms with Gasteiger partial charge in [-0.1, -0.05) is 25.0 Å². The zero-order valence-corrected chi connectivity index (χ0v) is 17.0. The highest BCUT2D eigenvalue weighted by molar-refractivity contribution is 6.15. The number of ether oxygens (including phenoxy) is 2. The minimum Gasteiger partial charge on any atom is -0.490 e. The molecule has 152 valence electrons. The highest BCUT2D eigenvalue weighted by Crippen LogP contribution is 2.45. The van der Waals surface area contributed by atoms with E-state index in [2.05, 4.69) is 6.07 Å². The second-order valence-electron chi connectivity index (χ2n) is 7.57. The molecule has 2 aromatic carbocycles. The Morgan fingerprint density at radius 1 is 1.07 bits per heavy atom. The lowest BCUT2D eigenvalue weighted by atomic mass is 9.75. The third kappa shape index (κ3) is 3.74. The zero-order valence-electron chi connectivity index (χ0n) is 17.0. The van der Waals surface area contributed by atoms with Crippen molar-refractivity contribution in [2.75, 3.05) is 13.2 Å². The van der Waals surface area contributed by atoms with E-state index in [4.69, 9.17) is 14.5 Å². The van der Waals surface area contributed by atoms with Gasteiger partial charge in [-0.05, 0) is 56.5 Å². The van der Waals surface area contributed by atoms with Crippen molar-refractivity contribution in [3.8, 4) is 11.5 Å². The number of rotatable bonds is 6. The first-order valence-corrected chi connectivity index (χ1v) is 10.5. The summed E-state index contributed by atoms with van der Waals surface area (Å²) in [5.41, 5.74) is 4.24. The Hall–Kier alpha value is -2.82. The molecule has 2 aromatic rings. The van der Waals surface area contributed by atoms with Crippen LogP contribution in [-0.4, -0.2) is 36.0 Å². The summed E-state index contributed by atoms with van der Waals surface area (Å²) in [6.45, 7) is 5.06. The Balaban J connectivity index is 1.89. The number of hydrogen-bond donors (Lipinski definition) is 1. The summed E-state index contributed by atoms with van der Waals surface area (Å²) in [6, 6.07) is 11.4. The van der Waals surface area contributed by atoms with Crippen molar-refractivity contribution >= 4 is 11.7 Å². The number of hydrogen-bond acceptors (Lipinski definition) is 4. The largest absolute Gasteiger partial charge is 0.490 e. The van der Waals surface area contributed by atoms with Crippen molar-refractivity contribution in [2.24, 2.45) is 4.99 Å². The molecule has 0 amide bonds. The molecule has 2 aliphatic rings. The molecule has 2 atom stereocenters. The maximum Gasteiger partial charge on any atom is 0.335 e. The molecule has 0 radical (unpaired) electrons. The molecule has 0 bridgehead atoms. The Morgan fingerprint density at radius 2 is 1.79 bits per heavy atom. The van der Waals surface area contributed by atoms with E-state index in [-0.39, 0.29) is 11.6 Å². The van der Waals surface area contributed by atoms with Gasteiger partial charge in [-0.15, -0.1) is 0 Å². The summed E-state index contributed by atoms with van der Waals surface area (Å²) in [6.07, 6.45) is 4.56. The summed E-state index contributed by atoms with van der Waals surface area (Å²) in [7, 11) is 0. The van der Waals surface area contributed by atoms with Crippen molar-refractivity contribution in [1.29, 1.82) is 0 Å². The van der Waals surface area contributed by atoms with Crippen LogP contribution in [-0.2, 0) is 0 Å². The van der Waals surface area contributed by atoms with Crippen LogP contribution in [0.3, 0.4) is 0 Å². The van der Waals surface area contributed by atoms with Gasteiger partial charge in [-0.25, -0.2) is 4.79 Å². The van der Waals surface area contributed by atoms with Crippen molar-refractivity contribution in [1.82, 2.24) is 0 Å². The van der Waals surface area contributed by atoms with E-state index in [1.165, 1.54) is 18.4 Å². The minimum atomic E-state index is -0.930. The summed E-state index contributed by atoms with van der Waals surface area (Å²) in [5, 5.41) is 9.42. The number of carbonyl (C=O) groups is 1. The SMILES string of the molecule is CCOc1cc2c(cc1OCC)[C@H]1CCCC[C@H]1N=C2c1cccc(C(=O)O)c1. The molecule has 5 nitrogen and oxygen atoms in total. The molecule has 0 aromatic heterocycles. The van der Waals surface area contributed by atoms with Crippen LogP contribution in [0.2, 0.25) is 0 Å². The molecular weight excluding hydrogens is 366 g/mol. The van der Waals surface area contributed by atoms with Crippen LogP contribution in [0, 0.1) is 0 Å². The molecule has 4 rings (SSSR count). The van der Waals surface area contributed by atoms with E-state index < -0.39 is 5.97 Å². The summed E-state index contributed by atoms with van der Waals surface area (Å²) >= 11 is 0. The van der Waals surface area contributed by atoms with Crippen LogP contribution >= 0.6 is 0 Å². The third-order valence-electron chi connectivity index (χ3n) is 5.78. The first-order chi connectivity index (χ1) is 14.1. The van der Waals surface area contributed by atoms with Gasteiger partial charge in [0.15, 0.2) is 11.5 Å². The van der Waals surface area contributed by atoms with Gasteiger partial charge < -0.3 is 14.6 Å². The fraction of sp³-hybridized carbons (Fsp3) is 0.417. The first-order valence-electron chi connectivity index (χ1n) is 10.5. The lowest BCUT2D eigenvalue weighted by molar-refractivity contribution is 0.0697. The molecule has 1 heterocycles. The van der Waals surface area contributed by atoms with Gasteiger partial charge >= 0.3 is 5.97 Å². The number of nitrogens with zero attached hydrogens (tertiary/aromatic N) is 1. The monoisotopic (exact) mass is 393 g/mol. The molecule has 0 spiro atoms. The number of fused-ring (bicyclic) bond motifs is 3. The van der Waals surface area contributed by atoms with E-state index in [9.17, 15) is 9.90 Å². The van der Waals surface area contributed by atoms with E-state index in [1.807, 2.05) is 26.0 Å². The fourth-order valence-electron chi connectivity index (χ4n) is 4.52. The summed E-state index contributed by atoms with van der Waals surface area (Å²) in [5.74, 6) is 0.933. The highest BCUT2D eigenvalue weighted by atomic mass is 16.5. The van der Waals surface area contributed by atoms with Gasteiger partial charge in [0, 0.05) is 17.0 Å². The zero-order chi connectivity index (χ0) is 20.4. The fourth-order valence-corrected chi connectivity index (χ4v) is 4.52. The predicted octanol–water partition coefficient (Wildman–Crippen LogP) is 5.06. The quantitative estimate of drug-likeness (QED) is 0.745. The van der Waals surface area contributed by atoms with Gasteiger partial charge in [-0.2, -0.15) is 0 Å².